The molecule has 1 atom stereocenters. The largest absolute Gasteiger partial charge is 0.501 e. The Morgan fingerprint density at radius 1 is 1.33 bits per heavy atom. The zero-order valence-electron chi connectivity index (χ0n) is 8.23. The van der Waals surface area contributed by atoms with Crippen LogP contribution < -0.4 is 5.73 Å². The summed E-state index contributed by atoms with van der Waals surface area (Å²) in [6.45, 7) is 1.58. The molecular weight excluding hydrogens is 194 g/mol. The van der Waals surface area contributed by atoms with Crippen molar-refractivity contribution in [3.63, 3.8) is 0 Å². The summed E-state index contributed by atoms with van der Waals surface area (Å²) < 4.78 is 5.22. The highest BCUT2D eigenvalue weighted by atomic mass is 16.5. The van der Waals surface area contributed by atoms with Crippen molar-refractivity contribution in [1.29, 1.82) is 0 Å². The summed E-state index contributed by atoms with van der Waals surface area (Å²) in [5.74, 6) is -1.22. The van der Waals surface area contributed by atoms with Crippen molar-refractivity contribution in [2.75, 3.05) is 0 Å². The van der Waals surface area contributed by atoms with Gasteiger partial charge < -0.3 is 15.6 Å². The SMILES string of the molecule is CC1(c2ccccc2)OC(N)=C(O)C1=O. The standard InChI is InChI=1S/C11H11NO3/c1-11(7-5-3-2-4-6-7)9(14)8(13)10(12)15-11/h2-6,13H,12H2,1H3. The molecule has 0 saturated heterocycles. The summed E-state index contributed by atoms with van der Waals surface area (Å²) >= 11 is 0. The Balaban J connectivity index is 2.45. The molecule has 2 rings (SSSR count). The number of hydrogen-bond acceptors (Lipinski definition) is 4. The Hall–Kier alpha value is -1.97. The highest BCUT2D eigenvalue weighted by molar-refractivity contribution is 6.02. The minimum Gasteiger partial charge on any atom is -0.501 e. The number of carbonyl (C=O) groups is 1. The number of ether oxygens (including phenoxy) is 1. The zero-order chi connectivity index (χ0) is 11.1. The monoisotopic (exact) mass is 205 g/mol. The van der Waals surface area contributed by atoms with E-state index >= 15 is 0 Å². The summed E-state index contributed by atoms with van der Waals surface area (Å²) in [5.41, 5.74) is 4.84. The fraction of sp³-hybridized carbons (Fsp3) is 0.182. The number of carbonyl (C=O) groups excluding carboxylic acids is 1. The number of rotatable bonds is 1. The Morgan fingerprint density at radius 3 is 2.40 bits per heavy atom. The maximum absolute atomic E-state index is 11.7. The first-order valence-electron chi connectivity index (χ1n) is 4.54. The third-order valence-electron chi connectivity index (χ3n) is 2.52. The van der Waals surface area contributed by atoms with E-state index in [-0.39, 0.29) is 5.88 Å². The van der Waals surface area contributed by atoms with E-state index in [1.165, 1.54) is 0 Å². The predicted octanol–water partition coefficient (Wildman–Crippen LogP) is 1.19. The van der Waals surface area contributed by atoms with Crippen molar-refractivity contribution in [3.8, 4) is 0 Å². The van der Waals surface area contributed by atoms with Crippen LogP contribution >= 0.6 is 0 Å². The van der Waals surface area contributed by atoms with Gasteiger partial charge in [-0.1, -0.05) is 30.3 Å². The second-order valence-electron chi connectivity index (χ2n) is 3.54. The van der Waals surface area contributed by atoms with Gasteiger partial charge in [-0.2, -0.15) is 0 Å². The third kappa shape index (κ3) is 1.26. The van der Waals surface area contributed by atoms with Gasteiger partial charge in [-0.3, -0.25) is 4.79 Å². The second kappa shape index (κ2) is 3.02. The lowest BCUT2D eigenvalue weighted by molar-refractivity contribution is -0.131. The van der Waals surface area contributed by atoms with Gasteiger partial charge in [-0.15, -0.1) is 0 Å². The molecule has 1 aliphatic rings. The number of Topliss-reactive ketones (excluding diaryl/α,β-unsaturated/α-hetero) is 1. The molecule has 0 saturated carbocycles. The van der Waals surface area contributed by atoms with Gasteiger partial charge in [0.15, 0.2) is 5.60 Å². The van der Waals surface area contributed by atoms with E-state index in [1.807, 2.05) is 6.07 Å². The van der Waals surface area contributed by atoms with Crippen LogP contribution in [0, 0.1) is 0 Å². The van der Waals surface area contributed by atoms with Gasteiger partial charge in [0, 0.05) is 5.56 Å². The molecule has 1 unspecified atom stereocenters. The Morgan fingerprint density at radius 2 is 1.93 bits per heavy atom. The smallest absolute Gasteiger partial charge is 0.250 e. The molecule has 0 bridgehead atoms. The first kappa shape index (κ1) is 9.58. The van der Waals surface area contributed by atoms with Gasteiger partial charge in [0.2, 0.25) is 11.6 Å². The summed E-state index contributed by atoms with van der Waals surface area (Å²) in [5, 5.41) is 9.34. The molecule has 0 fully saturated rings. The Bertz CT molecular complexity index is 438. The normalized spacial score (nSPS) is 25.5. The fourth-order valence-electron chi connectivity index (χ4n) is 1.60. The first-order chi connectivity index (χ1) is 7.05. The number of ketones is 1. The van der Waals surface area contributed by atoms with Crippen molar-refractivity contribution >= 4 is 5.78 Å². The van der Waals surface area contributed by atoms with Gasteiger partial charge in [-0.05, 0) is 6.92 Å². The van der Waals surface area contributed by atoms with Crippen molar-refractivity contribution in [2.24, 2.45) is 5.73 Å². The summed E-state index contributed by atoms with van der Waals surface area (Å²) in [6, 6.07) is 8.93. The molecular formula is C11H11NO3. The average molecular weight is 205 g/mol. The van der Waals surface area contributed by atoms with Gasteiger partial charge in [0.25, 0.3) is 5.78 Å². The van der Waals surface area contributed by atoms with E-state index in [9.17, 15) is 9.90 Å². The molecule has 4 heteroatoms. The van der Waals surface area contributed by atoms with E-state index in [1.54, 1.807) is 31.2 Å². The molecule has 3 N–H and O–H groups in total. The van der Waals surface area contributed by atoms with Crippen LogP contribution in [0.4, 0.5) is 0 Å². The number of hydrogen-bond donors (Lipinski definition) is 2. The van der Waals surface area contributed by atoms with E-state index < -0.39 is 17.1 Å². The average Bonchev–Trinajstić information content (AvgIpc) is 2.45. The highest BCUT2D eigenvalue weighted by Gasteiger charge is 2.46. The first-order valence-corrected chi connectivity index (χ1v) is 4.54. The van der Waals surface area contributed by atoms with Crippen molar-refractivity contribution in [1.82, 2.24) is 0 Å². The van der Waals surface area contributed by atoms with Crippen LogP contribution in [0.25, 0.3) is 0 Å². The van der Waals surface area contributed by atoms with Crippen LogP contribution in [-0.2, 0) is 15.1 Å². The molecule has 1 aromatic carbocycles. The molecule has 0 radical (unpaired) electrons. The van der Waals surface area contributed by atoms with Crippen LogP contribution in [-0.4, -0.2) is 10.9 Å². The van der Waals surface area contributed by atoms with Gasteiger partial charge in [0.05, 0.1) is 0 Å². The van der Waals surface area contributed by atoms with E-state index in [0.717, 1.165) is 0 Å². The Kier molecular flexibility index (Phi) is 1.93. The Labute approximate surface area is 87.0 Å². The molecule has 0 aromatic heterocycles. The highest BCUT2D eigenvalue weighted by Crippen LogP contribution is 2.35. The molecule has 1 heterocycles. The number of aliphatic hydroxyl groups is 1. The summed E-state index contributed by atoms with van der Waals surface area (Å²) in [7, 11) is 0. The third-order valence-corrected chi connectivity index (χ3v) is 2.52. The van der Waals surface area contributed by atoms with Gasteiger partial charge >= 0.3 is 0 Å². The summed E-state index contributed by atoms with van der Waals surface area (Å²) in [4.78, 5) is 11.7. The minimum absolute atomic E-state index is 0.216. The van der Waals surface area contributed by atoms with E-state index in [0.29, 0.717) is 5.56 Å². The lowest BCUT2D eigenvalue weighted by Crippen LogP contribution is -2.31. The topological polar surface area (TPSA) is 72.6 Å². The molecule has 1 aromatic rings. The van der Waals surface area contributed by atoms with E-state index in [4.69, 9.17) is 10.5 Å². The van der Waals surface area contributed by atoms with Crippen LogP contribution in [0.1, 0.15) is 12.5 Å². The fourth-order valence-corrected chi connectivity index (χ4v) is 1.60. The number of aliphatic hydroxyl groups excluding tert-OH is 1. The van der Waals surface area contributed by atoms with Crippen LogP contribution in [0.2, 0.25) is 0 Å². The van der Waals surface area contributed by atoms with Crippen molar-refractivity contribution in [3.05, 3.63) is 47.5 Å². The minimum atomic E-state index is -1.20. The molecule has 1 aliphatic heterocycles. The maximum Gasteiger partial charge on any atom is 0.250 e. The zero-order valence-corrected chi connectivity index (χ0v) is 8.23. The molecule has 0 amide bonds. The second-order valence-corrected chi connectivity index (χ2v) is 3.54. The lowest BCUT2D eigenvalue weighted by atomic mass is 9.92. The van der Waals surface area contributed by atoms with Crippen molar-refractivity contribution in [2.45, 2.75) is 12.5 Å². The maximum atomic E-state index is 11.7. The molecule has 0 aliphatic carbocycles. The van der Waals surface area contributed by atoms with Crippen LogP contribution in [0.5, 0.6) is 0 Å². The molecule has 0 spiro atoms. The van der Waals surface area contributed by atoms with E-state index in [2.05, 4.69) is 0 Å². The van der Waals surface area contributed by atoms with Crippen LogP contribution in [0.15, 0.2) is 42.0 Å². The predicted molar refractivity (Wildman–Crippen MR) is 53.7 cm³/mol. The quantitative estimate of drug-likeness (QED) is 0.722. The number of benzene rings is 1. The molecule has 15 heavy (non-hydrogen) atoms. The van der Waals surface area contributed by atoms with Crippen LogP contribution in [0.3, 0.4) is 0 Å². The van der Waals surface area contributed by atoms with Crippen molar-refractivity contribution < 1.29 is 14.6 Å². The summed E-state index contributed by atoms with van der Waals surface area (Å²) in [6.07, 6.45) is 0. The molecule has 78 valence electrons. The lowest BCUT2D eigenvalue weighted by Gasteiger charge is -2.22. The van der Waals surface area contributed by atoms with Gasteiger partial charge in [-0.25, -0.2) is 0 Å². The number of nitrogens with two attached hydrogens (primary N) is 1. The molecule has 4 nitrogen and oxygen atoms in total. The van der Waals surface area contributed by atoms with Gasteiger partial charge in [0.1, 0.15) is 0 Å².